The first-order valence-electron chi connectivity index (χ1n) is 11.2. The van der Waals surface area contributed by atoms with Crippen molar-refractivity contribution in [3.05, 3.63) is 94.0 Å². The minimum absolute atomic E-state index is 0.291. The van der Waals surface area contributed by atoms with Crippen LogP contribution in [0.15, 0.2) is 82.8 Å². The molecule has 2 aromatic carbocycles. The van der Waals surface area contributed by atoms with Gasteiger partial charge in [-0.05, 0) is 50.3 Å². The quantitative estimate of drug-likeness (QED) is 0.280. The minimum Gasteiger partial charge on any atom is -0.478 e. The number of carboxylic acids is 2. The average molecular weight is 506 g/mol. The maximum absolute atomic E-state index is 11.3. The normalized spacial score (nSPS) is 14.8. The first-order valence-corrected chi connectivity index (χ1v) is 12.8. The van der Waals surface area contributed by atoms with Crippen molar-refractivity contribution in [1.82, 2.24) is 0 Å². The van der Waals surface area contributed by atoms with Crippen LogP contribution in [0.4, 0.5) is 5.69 Å². The summed E-state index contributed by atoms with van der Waals surface area (Å²) >= 11 is 3.26. The Morgan fingerprint density at radius 2 is 1.63 bits per heavy atom. The lowest BCUT2D eigenvalue weighted by atomic mass is 10.2. The smallest absolute Gasteiger partial charge is 0.335 e. The first kappa shape index (κ1) is 24.5. The summed E-state index contributed by atoms with van der Waals surface area (Å²) in [6.07, 6.45) is 13.9. The summed E-state index contributed by atoms with van der Waals surface area (Å²) in [4.78, 5) is 25.8. The molecule has 0 bridgehead atoms. The van der Waals surface area contributed by atoms with E-state index in [2.05, 4.69) is 9.47 Å². The van der Waals surface area contributed by atoms with Gasteiger partial charge in [0.1, 0.15) is 11.2 Å². The van der Waals surface area contributed by atoms with Gasteiger partial charge in [-0.1, -0.05) is 53.5 Å². The van der Waals surface area contributed by atoms with Crippen molar-refractivity contribution in [3.8, 4) is 0 Å². The van der Waals surface area contributed by atoms with Gasteiger partial charge in [0.2, 0.25) is 5.52 Å². The number of fused-ring (bicyclic) bond motifs is 2. The van der Waals surface area contributed by atoms with E-state index in [-0.39, 0.29) is 0 Å². The Balaban J connectivity index is 1.44. The largest absolute Gasteiger partial charge is 0.478 e. The summed E-state index contributed by atoms with van der Waals surface area (Å²) in [5.41, 5.74) is 2.44. The Hall–Kier alpha value is -3.62. The van der Waals surface area contributed by atoms with Gasteiger partial charge in [-0.3, -0.25) is 0 Å². The van der Waals surface area contributed by atoms with Crippen LogP contribution in [0.1, 0.15) is 39.6 Å². The van der Waals surface area contributed by atoms with Gasteiger partial charge in [0.05, 0.1) is 21.8 Å². The zero-order valence-electron chi connectivity index (χ0n) is 19.3. The van der Waals surface area contributed by atoms with E-state index in [0.29, 0.717) is 11.1 Å². The zero-order chi connectivity index (χ0) is 24.9. The molecule has 4 rings (SSSR count). The van der Waals surface area contributed by atoms with E-state index >= 15 is 0 Å². The second kappa shape index (κ2) is 10.8. The molecule has 0 atom stereocenters. The highest BCUT2D eigenvalue weighted by Crippen LogP contribution is 2.46. The van der Waals surface area contributed by atoms with E-state index in [4.69, 9.17) is 0 Å². The van der Waals surface area contributed by atoms with Gasteiger partial charge in [0.25, 0.3) is 5.01 Å². The number of thioether (sulfide) groups is 1. The summed E-state index contributed by atoms with van der Waals surface area (Å²) in [5, 5.41) is 20.6. The lowest BCUT2D eigenvalue weighted by molar-refractivity contribution is -0.665. The molecule has 0 amide bonds. The molecule has 3 aromatic rings. The molecule has 0 radical (unpaired) electrons. The molecule has 0 spiro atoms. The number of benzene rings is 2. The lowest BCUT2D eigenvalue weighted by Gasteiger charge is -2.17. The highest BCUT2D eigenvalue weighted by molar-refractivity contribution is 8.03. The molecule has 35 heavy (non-hydrogen) atoms. The number of anilines is 1. The number of hydrogen-bond donors (Lipinski definition) is 2. The molecule has 0 saturated carbocycles. The molecule has 1 aliphatic rings. The molecule has 6 nitrogen and oxygen atoms in total. The number of aromatic nitrogens is 1. The van der Waals surface area contributed by atoms with Crippen molar-refractivity contribution < 1.29 is 24.4 Å². The van der Waals surface area contributed by atoms with Crippen LogP contribution in [-0.4, -0.2) is 28.7 Å². The molecule has 0 aliphatic carbocycles. The third kappa shape index (κ3) is 5.23. The molecule has 0 saturated heterocycles. The van der Waals surface area contributed by atoms with Crippen LogP contribution in [0.3, 0.4) is 0 Å². The van der Waals surface area contributed by atoms with E-state index in [0.717, 1.165) is 43.9 Å². The third-order valence-electron chi connectivity index (χ3n) is 5.51. The SMILES string of the molecule is CCN1/C(=C/C=C/C=C/C=C/c2sc3ccc(C(=O)O)cc3[n+]2CC)Sc2ccc(C(=O)O)cc21. The molecule has 8 heteroatoms. The van der Waals surface area contributed by atoms with Crippen LogP contribution in [0, 0.1) is 0 Å². The average Bonchev–Trinajstić information content (AvgIpc) is 3.38. The maximum Gasteiger partial charge on any atom is 0.335 e. The Labute approximate surface area is 211 Å². The summed E-state index contributed by atoms with van der Waals surface area (Å²) in [7, 11) is 0. The van der Waals surface area contributed by atoms with Crippen LogP contribution in [-0.2, 0) is 6.54 Å². The number of thiazole rings is 1. The minimum atomic E-state index is -0.922. The third-order valence-corrected chi connectivity index (χ3v) is 7.77. The standard InChI is InChI=1S/C27H24N2O4S2/c1-3-28-20-16-18(26(30)31)12-14-22(20)34-24(28)10-8-6-5-7-9-11-25-29(4-2)21-17-19(27(32)33)13-15-23(21)35-25/h5-17H,3-4H2,1-2H3,(H-,30,31,32,33)/p+1. The van der Waals surface area contributed by atoms with Gasteiger partial charge in [-0.15, -0.1) is 0 Å². The number of aryl methyl sites for hydroxylation is 1. The Bertz CT molecular complexity index is 1420. The number of rotatable bonds is 8. The highest BCUT2D eigenvalue weighted by Gasteiger charge is 2.24. The first-order chi connectivity index (χ1) is 16.9. The van der Waals surface area contributed by atoms with Crippen LogP contribution in [0.5, 0.6) is 0 Å². The number of hydrogen-bond acceptors (Lipinski definition) is 5. The predicted molar refractivity (Wildman–Crippen MR) is 142 cm³/mol. The van der Waals surface area contributed by atoms with Crippen LogP contribution in [0.2, 0.25) is 0 Å². The Morgan fingerprint density at radius 1 is 0.943 bits per heavy atom. The Kier molecular flexibility index (Phi) is 7.53. The highest BCUT2D eigenvalue weighted by atomic mass is 32.2. The maximum atomic E-state index is 11.3. The molecule has 2 heterocycles. The van der Waals surface area contributed by atoms with Crippen molar-refractivity contribution >= 4 is 57.0 Å². The molecule has 0 unspecified atom stereocenters. The number of carboxylic acid groups (broad SMARTS) is 2. The molecule has 1 aliphatic heterocycles. The molecule has 1 aromatic heterocycles. The zero-order valence-corrected chi connectivity index (χ0v) is 21.0. The molecular formula is C27H25N2O4S2+. The van der Waals surface area contributed by atoms with E-state index in [1.165, 1.54) is 0 Å². The summed E-state index contributed by atoms with van der Waals surface area (Å²) in [6.45, 7) is 5.60. The van der Waals surface area contributed by atoms with Crippen molar-refractivity contribution in [3.63, 3.8) is 0 Å². The van der Waals surface area contributed by atoms with Crippen molar-refractivity contribution in [2.24, 2.45) is 0 Å². The summed E-state index contributed by atoms with van der Waals surface area (Å²) < 4.78 is 3.17. The molecule has 178 valence electrons. The van der Waals surface area contributed by atoms with E-state index < -0.39 is 11.9 Å². The number of nitrogens with zero attached hydrogens (tertiary/aromatic N) is 2. The summed E-state index contributed by atoms with van der Waals surface area (Å²) in [5.74, 6) is -1.84. The number of aromatic carboxylic acids is 2. The topological polar surface area (TPSA) is 81.7 Å². The second-order valence-electron chi connectivity index (χ2n) is 7.64. The fourth-order valence-corrected chi connectivity index (χ4v) is 6.08. The monoisotopic (exact) mass is 505 g/mol. The van der Waals surface area contributed by atoms with Crippen LogP contribution < -0.4 is 9.47 Å². The fraction of sp³-hybridized carbons (Fsp3) is 0.148. The van der Waals surface area contributed by atoms with E-state index in [1.54, 1.807) is 47.4 Å². The fourth-order valence-electron chi connectivity index (χ4n) is 3.84. The van der Waals surface area contributed by atoms with Gasteiger partial charge in [-0.2, -0.15) is 4.57 Å². The van der Waals surface area contributed by atoms with E-state index in [1.807, 2.05) is 68.5 Å². The Morgan fingerprint density at radius 3 is 2.34 bits per heavy atom. The van der Waals surface area contributed by atoms with Gasteiger partial charge in [0, 0.05) is 23.6 Å². The van der Waals surface area contributed by atoms with Gasteiger partial charge < -0.3 is 15.1 Å². The summed E-state index contributed by atoms with van der Waals surface area (Å²) in [6, 6.07) is 10.4. The number of carbonyl (C=O) groups is 2. The van der Waals surface area contributed by atoms with Crippen LogP contribution >= 0.6 is 23.1 Å². The second-order valence-corrected chi connectivity index (χ2v) is 9.76. The van der Waals surface area contributed by atoms with Gasteiger partial charge in [-0.25, -0.2) is 9.59 Å². The van der Waals surface area contributed by atoms with Crippen molar-refractivity contribution in [2.45, 2.75) is 25.3 Å². The lowest BCUT2D eigenvalue weighted by Crippen LogP contribution is -2.33. The molecule has 0 fully saturated rings. The van der Waals surface area contributed by atoms with Crippen LogP contribution in [0.25, 0.3) is 16.3 Å². The van der Waals surface area contributed by atoms with Crippen molar-refractivity contribution in [1.29, 1.82) is 0 Å². The molecular weight excluding hydrogens is 480 g/mol. The van der Waals surface area contributed by atoms with Gasteiger partial charge in [0.15, 0.2) is 0 Å². The van der Waals surface area contributed by atoms with Crippen molar-refractivity contribution in [2.75, 3.05) is 11.4 Å². The van der Waals surface area contributed by atoms with Gasteiger partial charge >= 0.3 is 11.9 Å². The molecule has 2 N–H and O–H groups in total. The van der Waals surface area contributed by atoms with E-state index in [9.17, 15) is 19.8 Å². The number of allylic oxidation sites excluding steroid dienone is 6. The predicted octanol–water partition coefficient (Wildman–Crippen LogP) is 6.20.